The number of amides is 2. The van der Waals surface area contributed by atoms with Gasteiger partial charge >= 0.3 is 12.0 Å². The summed E-state index contributed by atoms with van der Waals surface area (Å²) in [5.74, 6) is 4.34. The molecule has 10 heteroatoms. The second kappa shape index (κ2) is 8.86. The first kappa shape index (κ1) is 23.1. The highest BCUT2D eigenvalue weighted by Crippen LogP contribution is 2.38. The van der Waals surface area contributed by atoms with Crippen molar-refractivity contribution in [2.75, 3.05) is 32.8 Å². The fraction of sp³-hybridized carbons (Fsp3) is 0.524. The summed E-state index contributed by atoms with van der Waals surface area (Å²) in [5, 5.41) is 20.7. The zero-order valence-electron chi connectivity index (χ0n) is 17.4. The number of carboxylic acid groups (broad SMARTS) is 1. The maximum atomic E-state index is 13.3. The maximum absolute atomic E-state index is 13.3. The summed E-state index contributed by atoms with van der Waals surface area (Å²) in [7, 11) is -4.29. The SMILES string of the molecule is CC#CCOc1ccc(S(=O)(=O)C2(C(=O)O)CC[N+](O)(C(=O)N3CCCC3)CC2)cc1. The molecule has 1 aromatic rings. The first-order valence-electron chi connectivity index (χ1n) is 10.2. The number of sulfone groups is 1. The molecule has 0 atom stereocenters. The van der Waals surface area contributed by atoms with Crippen LogP contribution in [0.25, 0.3) is 0 Å². The number of carbonyl (C=O) groups excluding carboxylic acids is 1. The molecular formula is C21H27N2O7S+. The first-order valence-corrected chi connectivity index (χ1v) is 11.6. The number of benzene rings is 1. The molecule has 0 radical (unpaired) electrons. The van der Waals surface area contributed by atoms with Gasteiger partial charge in [-0.25, -0.2) is 18.4 Å². The van der Waals surface area contributed by atoms with Crippen molar-refractivity contribution in [3.8, 4) is 17.6 Å². The van der Waals surface area contributed by atoms with Crippen molar-refractivity contribution in [3.63, 3.8) is 0 Å². The predicted molar refractivity (Wildman–Crippen MR) is 110 cm³/mol. The lowest BCUT2D eigenvalue weighted by Gasteiger charge is -2.40. The summed E-state index contributed by atoms with van der Waals surface area (Å²) in [4.78, 5) is 26.3. The molecule has 0 unspecified atom stereocenters. The van der Waals surface area contributed by atoms with Gasteiger partial charge in [-0.05, 0) is 44.0 Å². The molecule has 2 fully saturated rings. The van der Waals surface area contributed by atoms with Crippen LogP contribution >= 0.6 is 0 Å². The lowest BCUT2D eigenvalue weighted by atomic mass is 9.95. The lowest BCUT2D eigenvalue weighted by Crippen LogP contribution is -2.64. The van der Waals surface area contributed by atoms with Gasteiger partial charge in [-0.1, -0.05) is 5.92 Å². The summed E-state index contributed by atoms with van der Waals surface area (Å²) in [5.41, 5.74) is 0. The average Bonchev–Trinajstić information content (AvgIpc) is 3.29. The summed E-state index contributed by atoms with van der Waals surface area (Å²) in [6.07, 6.45) is 0.962. The highest BCUT2D eigenvalue weighted by molar-refractivity contribution is 7.93. The van der Waals surface area contributed by atoms with Crippen molar-refractivity contribution in [3.05, 3.63) is 24.3 Å². The molecule has 0 bridgehead atoms. The Hall–Kier alpha value is -2.61. The maximum Gasteiger partial charge on any atom is 0.451 e. The molecule has 2 amide bonds. The fourth-order valence-electron chi connectivity index (χ4n) is 4.06. The number of likely N-dealkylation sites (tertiary alicyclic amines) is 2. The summed E-state index contributed by atoms with van der Waals surface area (Å²) in [6, 6.07) is 5.02. The second-order valence-corrected chi connectivity index (χ2v) is 10.1. The molecule has 1 aromatic carbocycles. The molecule has 2 aliphatic rings. The Bertz CT molecular complexity index is 994. The molecule has 2 heterocycles. The van der Waals surface area contributed by atoms with Gasteiger partial charge in [-0.2, -0.15) is 0 Å². The van der Waals surface area contributed by atoms with Crippen molar-refractivity contribution in [1.82, 2.24) is 4.90 Å². The molecule has 31 heavy (non-hydrogen) atoms. The number of urea groups is 1. The molecule has 2 saturated heterocycles. The number of hydroxylamine groups is 3. The Morgan fingerprint density at radius 2 is 1.74 bits per heavy atom. The second-order valence-electron chi connectivity index (χ2n) is 7.84. The first-order chi connectivity index (χ1) is 14.7. The summed E-state index contributed by atoms with van der Waals surface area (Å²) in [6.45, 7) is 2.35. The van der Waals surface area contributed by atoms with E-state index in [1.807, 2.05) is 0 Å². The van der Waals surface area contributed by atoms with Crippen molar-refractivity contribution in [2.45, 2.75) is 42.2 Å². The topological polar surface area (TPSA) is 121 Å². The van der Waals surface area contributed by atoms with Crippen molar-refractivity contribution in [2.24, 2.45) is 0 Å². The Labute approximate surface area is 181 Å². The van der Waals surface area contributed by atoms with Crippen molar-refractivity contribution in [1.29, 1.82) is 0 Å². The minimum absolute atomic E-state index is 0.146. The zero-order valence-corrected chi connectivity index (χ0v) is 18.2. The van der Waals surface area contributed by atoms with E-state index in [0.717, 1.165) is 12.8 Å². The Balaban J connectivity index is 1.81. The quantitative estimate of drug-likeness (QED) is 0.398. The van der Waals surface area contributed by atoms with Crippen LogP contribution in [-0.4, -0.2) is 77.8 Å². The van der Waals surface area contributed by atoms with Crippen molar-refractivity contribution >= 4 is 21.8 Å². The predicted octanol–water partition coefficient (Wildman–Crippen LogP) is 1.90. The van der Waals surface area contributed by atoms with Crippen LogP contribution < -0.4 is 4.74 Å². The molecule has 0 aromatic heterocycles. The number of nitrogens with zero attached hydrogens (tertiary/aromatic N) is 2. The van der Waals surface area contributed by atoms with Gasteiger partial charge in [-0.3, -0.25) is 9.69 Å². The third-order valence-corrected chi connectivity index (χ3v) is 8.53. The van der Waals surface area contributed by atoms with Crippen molar-refractivity contribution < 1.29 is 37.7 Å². The largest absolute Gasteiger partial charge is 0.481 e. The Morgan fingerprint density at radius 3 is 2.26 bits per heavy atom. The minimum atomic E-state index is -4.29. The van der Waals surface area contributed by atoms with E-state index in [0.29, 0.717) is 18.8 Å². The van der Waals surface area contributed by atoms with E-state index in [-0.39, 0.29) is 37.4 Å². The number of carboxylic acids is 1. The molecule has 168 valence electrons. The van der Waals surface area contributed by atoms with Crippen LogP contribution in [0, 0.1) is 11.8 Å². The third-order valence-electron chi connectivity index (χ3n) is 6.03. The van der Waals surface area contributed by atoms with E-state index >= 15 is 0 Å². The Kier molecular flexibility index (Phi) is 6.59. The Morgan fingerprint density at radius 1 is 1.16 bits per heavy atom. The van der Waals surface area contributed by atoms with Gasteiger partial charge in [0.05, 0.1) is 4.90 Å². The van der Waals surface area contributed by atoms with Crippen LogP contribution in [-0.2, 0) is 14.6 Å². The van der Waals surface area contributed by atoms with Crippen LogP contribution in [0.3, 0.4) is 0 Å². The highest BCUT2D eigenvalue weighted by Gasteiger charge is 2.59. The molecular weight excluding hydrogens is 424 g/mol. The summed E-state index contributed by atoms with van der Waals surface area (Å²) >= 11 is 0. The number of hydrogen-bond donors (Lipinski definition) is 2. The molecule has 3 rings (SSSR count). The van der Waals surface area contributed by atoms with Gasteiger partial charge in [0.1, 0.15) is 25.4 Å². The zero-order chi connectivity index (χ0) is 22.7. The number of carbonyl (C=O) groups is 2. The van der Waals surface area contributed by atoms with E-state index in [1.54, 1.807) is 11.8 Å². The van der Waals surface area contributed by atoms with Gasteiger partial charge in [-0.15, -0.1) is 10.6 Å². The van der Waals surface area contributed by atoms with Crippen LogP contribution in [0.4, 0.5) is 4.79 Å². The van der Waals surface area contributed by atoms with E-state index in [2.05, 4.69) is 11.8 Å². The standard InChI is InChI=1S/C21H26N2O7S/c1-2-3-16-30-17-6-8-18(9-7-17)31(28,29)21(19(24)25)10-14-23(27,15-11-21)20(26)22-12-4-5-13-22/h6-9,27H,4-5,10-16H2,1H3/p+1. The molecule has 0 saturated carbocycles. The fourth-order valence-corrected chi connectivity index (χ4v) is 5.96. The molecule has 9 nitrogen and oxygen atoms in total. The number of aliphatic carboxylic acids is 1. The van der Waals surface area contributed by atoms with E-state index in [1.165, 1.54) is 24.3 Å². The van der Waals surface area contributed by atoms with Crippen LogP contribution in [0.15, 0.2) is 29.2 Å². The van der Waals surface area contributed by atoms with Gasteiger partial charge < -0.3 is 9.84 Å². The number of quaternary nitrogens is 1. The smallest absolute Gasteiger partial charge is 0.451 e. The highest BCUT2D eigenvalue weighted by atomic mass is 32.2. The van der Waals surface area contributed by atoms with Gasteiger partial charge in [0.15, 0.2) is 14.6 Å². The molecule has 2 aliphatic heterocycles. The lowest BCUT2D eigenvalue weighted by molar-refractivity contribution is -1.04. The van der Waals surface area contributed by atoms with Crippen LogP contribution in [0.5, 0.6) is 5.75 Å². The number of rotatable bonds is 5. The van der Waals surface area contributed by atoms with Crippen LogP contribution in [0.1, 0.15) is 32.6 Å². The third kappa shape index (κ3) is 4.26. The normalized spacial score (nSPS) is 26.1. The van der Waals surface area contributed by atoms with E-state index in [9.17, 15) is 28.3 Å². The van der Waals surface area contributed by atoms with E-state index in [4.69, 9.17) is 4.74 Å². The molecule has 0 aliphatic carbocycles. The summed E-state index contributed by atoms with van der Waals surface area (Å²) < 4.78 is 29.0. The average molecular weight is 452 g/mol. The molecule has 2 N–H and O–H groups in total. The van der Waals surface area contributed by atoms with E-state index < -0.39 is 31.2 Å². The molecule has 0 spiro atoms. The number of piperidine rings is 1. The van der Waals surface area contributed by atoms with Gasteiger partial charge in [0, 0.05) is 25.9 Å². The minimum Gasteiger partial charge on any atom is -0.481 e. The monoisotopic (exact) mass is 451 g/mol. The number of hydrogen-bond acceptors (Lipinski definition) is 6. The number of ether oxygens (including phenoxy) is 1. The van der Waals surface area contributed by atoms with Gasteiger partial charge in [0.2, 0.25) is 0 Å². The van der Waals surface area contributed by atoms with Crippen LogP contribution in [0.2, 0.25) is 0 Å². The van der Waals surface area contributed by atoms with Gasteiger partial charge in [0.25, 0.3) is 0 Å².